The average Bonchev–Trinajstić information content (AvgIpc) is 2.97. The SMILES string of the molecule is Cc1ccc([C@H]2C([N+](=O)[O-])[C@H](c3ccc(C)cc3)[C@@H](C(=O)c3ccc(Cl)cc3)S[C@@H]2C(=O)c2ccc(Cl)cc2)cc1. The van der Waals surface area contributed by atoms with E-state index in [1.54, 1.807) is 48.5 Å². The van der Waals surface area contributed by atoms with Gasteiger partial charge in [0.2, 0.25) is 6.04 Å². The van der Waals surface area contributed by atoms with Crippen LogP contribution in [-0.2, 0) is 0 Å². The second-order valence-electron chi connectivity index (χ2n) is 10.4. The fourth-order valence-electron chi connectivity index (χ4n) is 5.50. The second kappa shape index (κ2) is 12.2. The number of benzene rings is 4. The summed E-state index contributed by atoms with van der Waals surface area (Å²) in [4.78, 5) is 41.1. The molecule has 0 aromatic heterocycles. The minimum Gasteiger partial charge on any atom is -0.293 e. The number of hydrogen-bond donors (Lipinski definition) is 0. The molecule has 0 radical (unpaired) electrons. The molecule has 4 atom stereocenters. The molecule has 0 saturated carbocycles. The van der Waals surface area contributed by atoms with Crippen LogP contribution in [0.2, 0.25) is 10.0 Å². The topological polar surface area (TPSA) is 77.3 Å². The van der Waals surface area contributed by atoms with Crippen molar-refractivity contribution in [1.82, 2.24) is 0 Å². The Morgan fingerprint density at radius 3 is 1.29 bits per heavy atom. The van der Waals surface area contributed by atoms with Crippen LogP contribution >= 0.6 is 35.0 Å². The van der Waals surface area contributed by atoms with Gasteiger partial charge in [-0.25, -0.2) is 0 Å². The highest BCUT2D eigenvalue weighted by atomic mass is 35.5. The minimum absolute atomic E-state index is 0.277. The maximum Gasteiger partial charge on any atom is 0.229 e. The van der Waals surface area contributed by atoms with Crippen molar-refractivity contribution >= 4 is 46.5 Å². The van der Waals surface area contributed by atoms with Crippen LogP contribution in [0.15, 0.2) is 97.1 Å². The zero-order chi connectivity index (χ0) is 29.3. The van der Waals surface area contributed by atoms with Crippen molar-refractivity contribution in [3.8, 4) is 0 Å². The van der Waals surface area contributed by atoms with Crippen LogP contribution in [0, 0.1) is 24.0 Å². The zero-order valence-corrected chi connectivity index (χ0v) is 24.7. The Morgan fingerprint density at radius 2 is 0.976 bits per heavy atom. The van der Waals surface area contributed by atoms with Crippen molar-refractivity contribution in [2.45, 2.75) is 42.2 Å². The van der Waals surface area contributed by atoms with E-state index in [-0.39, 0.29) is 16.5 Å². The van der Waals surface area contributed by atoms with E-state index in [1.165, 1.54) is 11.8 Å². The van der Waals surface area contributed by atoms with Crippen molar-refractivity contribution in [3.63, 3.8) is 0 Å². The number of nitrogens with zero attached hydrogens (tertiary/aromatic N) is 1. The van der Waals surface area contributed by atoms with Gasteiger partial charge in [-0.1, -0.05) is 82.9 Å². The molecule has 0 unspecified atom stereocenters. The van der Waals surface area contributed by atoms with Gasteiger partial charge in [0.15, 0.2) is 11.6 Å². The zero-order valence-electron chi connectivity index (χ0n) is 22.4. The summed E-state index contributed by atoms with van der Waals surface area (Å²) in [5.41, 5.74) is 4.15. The first-order chi connectivity index (χ1) is 19.6. The molecule has 4 aromatic carbocycles. The number of Topliss-reactive ketones (excluding diaryl/α,β-unsaturated/α-hetero) is 2. The molecule has 1 fully saturated rings. The molecule has 1 heterocycles. The molecule has 208 valence electrons. The van der Waals surface area contributed by atoms with Gasteiger partial charge >= 0.3 is 0 Å². The number of aryl methyl sites for hydroxylation is 2. The van der Waals surface area contributed by atoms with Crippen LogP contribution in [0.5, 0.6) is 0 Å². The molecule has 5 nitrogen and oxygen atoms in total. The van der Waals surface area contributed by atoms with Gasteiger partial charge in [-0.15, -0.1) is 11.8 Å². The summed E-state index contributed by atoms with van der Waals surface area (Å²) in [6.07, 6.45) is 0. The molecule has 8 heteroatoms. The van der Waals surface area contributed by atoms with Gasteiger partial charge in [0.25, 0.3) is 0 Å². The number of carbonyl (C=O) groups excluding carboxylic acids is 2. The number of rotatable bonds is 7. The molecule has 1 saturated heterocycles. The number of nitro groups is 1. The standard InChI is InChI=1S/C33H27Cl2NO4S/c1-19-3-7-21(8-4-19)27-29(36(39)40)28(22-9-5-20(2)6-10-22)33(31(38)24-13-17-26(35)18-14-24)41-32(27)30(37)23-11-15-25(34)16-12-23/h3-18,27-29,32-33H,1-2H3/t27-,28-,32-,33-/m0/s1. The fraction of sp³-hybridized carbons (Fsp3) is 0.212. The Hall–Kier alpha value is -3.45. The highest BCUT2D eigenvalue weighted by Gasteiger charge is 2.57. The summed E-state index contributed by atoms with van der Waals surface area (Å²) >= 11 is 13.4. The molecule has 0 aliphatic carbocycles. The summed E-state index contributed by atoms with van der Waals surface area (Å²) in [6, 6.07) is 26.8. The number of thioether (sulfide) groups is 1. The van der Waals surface area contributed by atoms with Crippen molar-refractivity contribution in [3.05, 3.63) is 151 Å². The highest BCUT2D eigenvalue weighted by Crippen LogP contribution is 2.52. The fourth-order valence-corrected chi connectivity index (χ4v) is 7.56. The predicted octanol–water partition coefficient (Wildman–Crippen LogP) is 8.37. The van der Waals surface area contributed by atoms with E-state index in [0.29, 0.717) is 32.3 Å². The Morgan fingerprint density at radius 1 is 0.634 bits per heavy atom. The van der Waals surface area contributed by atoms with E-state index in [0.717, 1.165) is 11.1 Å². The maximum absolute atomic E-state index is 14.2. The van der Waals surface area contributed by atoms with E-state index >= 15 is 0 Å². The molecular weight excluding hydrogens is 577 g/mol. The van der Waals surface area contributed by atoms with E-state index < -0.39 is 28.4 Å². The van der Waals surface area contributed by atoms with Crippen LogP contribution < -0.4 is 0 Å². The Balaban J connectivity index is 1.71. The lowest BCUT2D eigenvalue weighted by molar-refractivity contribution is -0.531. The smallest absolute Gasteiger partial charge is 0.229 e. The largest absolute Gasteiger partial charge is 0.293 e. The van der Waals surface area contributed by atoms with E-state index in [9.17, 15) is 19.7 Å². The van der Waals surface area contributed by atoms with Crippen molar-refractivity contribution < 1.29 is 14.5 Å². The third kappa shape index (κ3) is 6.10. The Kier molecular flexibility index (Phi) is 8.64. The summed E-state index contributed by atoms with van der Waals surface area (Å²) in [7, 11) is 0. The van der Waals surface area contributed by atoms with Gasteiger partial charge in [-0.05, 0) is 73.5 Å². The summed E-state index contributed by atoms with van der Waals surface area (Å²) < 4.78 is 0. The van der Waals surface area contributed by atoms with Crippen LogP contribution in [-0.4, -0.2) is 33.0 Å². The Bertz CT molecular complexity index is 1460. The third-order valence-corrected chi connectivity index (χ3v) is 9.73. The van der Waals surface area contributed by atoms with Crippen molar-refractivity contribution in [2.75, 3.05) is 0 Å². The van der Waals surface area contributed by atoms with Crippen molar-refractivity contribution in [2.24, 2.45) is 0 Å². The molecule has 1 aliphatic rings. The lowest BCUT2D eigenvalue weighted by Gasteiger charge is -2.42. The summed E-state index contributed by atoms with van der Waals surface area (Å²) in [6.45, 7) is 3.88. The van der Waals surface area contributed by atoms with E-state index in [1.807, 2.05) is 62.4 Å². The average molecular weight is 605 g/mol. The van der Waals surface area contributed by atoms with Gasteiger partial charge < -0.3 is 0 Å². The lowest BCUT2D eigenvalue weighted by Crippen LogP contribution is -2.51. The molecule has 0 N–H and O–H groups in total. The third-order valence-electron chi connectivity index (χ3n) is 7.62. The van der Waals surface area contributed by atoms with Gasteiger partial charge in [0.05, 0.1) is 22.3 Å². The number of carbonyl (C=O) groups is 2. The molecule has 1 aliphatic heterocycles. The first-order valence-electron chi connectivity index (χ1n) is 13.2. The van der Waals surface area contributed by atoms with E-state index in [4.69, 9.17) is 23.2 Å². The highest BCUT2D eigenvalue weighted by molar-refractivity contribution is 8.02. The molecule has 0 bridgehead atoms. The molecule has 5 rings (SSSR count). The summed E-state index contributed by atoms with van der Waals surface area (Å²) in [5, 5.41) is 12.3. The quantitative estimate of drug-likeness (QED) is 0.120. The molecule has 0 spiro atoms. The molecular formula is C33H27Cl2NO4S. The van der Waals surface area contributed by atoms with Gasteiger partial charge in [0, 0.05) is 26.1 Å². The molecule has 41 heavy (non-hydrogen) atoms. The van der Waals surface area contributed by atoms with Crippen LogP contribution in [0.1, 0.15) is 54.8 Å². The Labute approximate surface area is 253 Å². The van der Waals surface area contributed by atoms with Crippen LogP contribution in [0.25, 0.3) is 0 Å². The maximum atomic E-state index is 14.2. The van der Waals surface area contributed by atoms with Crippen LogP contribution in [0.4, 0.5) is 0 Å². The van der Waals surface area contributed by atoms with Crippen molar-refractivity contribution in [1.29, 1.82) is 0 Å². The minimum atomic E-state index is -1.25. The molecule has 4 aromatic rings. The van der Waals surface area contributed by atoms with Gasteiger partial charge in [-0.2, -0.15) is 0 Å². The normalized spacial score (nSPS) is 22.2. The predicted molar refractivity (Wildman–Crippen MR) is 165 cm³/mol. The number of hydrogen-bond acceptors (Lipinski definition) is 5. The number of halogens is 2. The van der Waals surface area contributed by atoms with E-state index in [2.05, 4.69) is 0 Å². The van der Waals surface area contributed by atoms with Crippen LogP contribution in [0.3, 0.4) is 0 Å². The van der Waals surface area contributed by atoms with Gasteiger partial charge in [-0.3, -0.25) is 19.7 Å². The molecule has 0 amide bonds. The monoisotopic (exact) mass is 603 g/mol. The number of ketones is 2. The van der Waals surface area contributed by atoms with Gasteiger partial charge in [0.1, 0.15) is 0 Å². The first kappa shape index (κ1) is 29.1. The second-order valence-corrected chi connectivity index (χ2v) is 12.5. The first-order valence-corrected chi connectivity index (χ1v) is 14.9. The lowest BCUT2D eigenvalue weighted by atomic mass is 9.74. The summed E-state index contributed by atoms with van der Waals surface area (Å²) in [5.74, 6) is -2.14.